The van der Waals surface area contributed by atoms with Gasteiger partial charge in [0.15, 0.2) is 10.9 Å². The molecule has 1 atom stereocenters. The molecule has 2 amide bonds. The molecule has 2 aliphatic rings. The quantitative estimate of drug-likeness (QED) is 0.256. The average Bonchev–Trinajstić information content (AvgIpc) is 3.43. The van der Waals surface area contributed by atoms with Crippen LogP contribution in [0.25, 0.3) is 11.3 Å². The molecule has 228 valence electrons. The molecule has 1 aliphatic carbocycles. The van der Waals surface area contributed by atoms with Gasteiger partial charge in [-0.3, -0.25) is 19.8 Å². The van der Waals surface area contributed by atoms with Crippen LogP contribution in [0.4, 0.5) is 26.4 Å². The standard InChI is InChI=1S/C32H33FN6O4S/c1-3-39-15-14-34-30(40)28(39)19-8-11-22(12-9-19)35-29-31(41)38(2)18-25(36-29)20-10-13-23(33)24(16-20)37-32(42)43-27-17-21-6-4-5-7-26(21)44-27/h8-13,16-18,28H,3-7,14-15H2,1-2H3,(H,34,40)(H,35,36)(H,37,42). The molecule has 1 saturated heterocycles. The minimum Gasteiger partial charge on any atom is -0.399 e. The van der Waals surface area contributed by atoms with Crippen molar-refractivity contribution in [1.29, 1.82) is 0 Å². The normalized spacial score (nSPS) is 16.6. The van der Waals surface area contributed by atoms with Crippen LogP contribution in [0.5, 0.6) is 5.06 Å². The molecule has 4 aromatic rings. The molecule has 10 nitrogen and oxygen atoms in total. The zero-order valence-electron chi connectivity index (χ0n) is 24.5. The Kier molecular flexibility index (Phi) is 8.45. The summed E-state index contributed by atoms with van der Waals surface area (Å²) in [5.41, 5.74) is 3.14. The summed E-state index contributed by atoms with van der Waals surface area (Å²) in [6.07, 6.45) is 4.95. The molecule has 0 bridgehead atoms. The number of nitrogens with zero attached hydrogens (tertiary/aromatic N) is 3. The van der Waals surface area contributed by atoms with E-state index in [2.05, 4.69) is 25.8 Å². The van der Waals surface area contributed by atoms with Crippen LogP contribution in [0.3, 0.4) is 0 Å². The molecule has 1 aliphatic heterocycles. The van der Waals surface area contributed by atoms with E-state index in [1.807, 2.05) is 25.1 Å². The average molecular weight is 617 g/mol. The van der Waals surface area contributed by atoms with Gasteiger partial charge in [0.25, 0.3) is 5.56 Å². The molecule has 2 aromatic carbocycles. The highest BCUT2D eigenvalue weighted by molar-refractivity contribution is 7.14. The van der Waals surface area contributed by atoms with Crippen LogP contribution >= 0.6 is 11.3 Å². The third-order valence-corrected chi connectivity index (χ3v) is 9.06. The van der Waals surface area contributed by atoms with Crippen LogP contribution in [-0.4, -0.2) is 46.1 Å². The molecule has 0 radical (unpaired) electrons. The molecular formula is C32H33FN6O4S. The first-order valence-electron chi connectivity index (χ1n) is 14.7. The Morgan fingerprint density at radius 2 is 1.93 bits per heavy atom. The van der Waals surface area contributed by atoms with Gasteiger partial charge in [-0.2, -0.15) is 0 Å². The number of hydrogen-bond donors (Lipinski definition) is 3. The Morgan fingerprint density at radius 1 is 1.14 bits per heavy atom. The molecule has 1 unspecified atom stereocenters. The fourth-order valence-corrected chi connectivity index (χ4v) is 6.75. The number of halogens is 1. The number of nitrogens with one attached hydrogen (secondary N) is 3. The molecule has 1 fully saturated rings. The lowest BCUT2D eigenvalue weighted by Gasteiger charge is -2.34. The lowest BCUT2D eigenvalue weighted by Crippen LogP contribution is -2.49. The van der Waals surface area contributed by atoms with Crippen molar-refractivity contribution in [2.75, 3.05) is 30.3 Å². The number of carbonyl (C=O) groups excluding carboxylic acids is 2. The van der Waals surface area contributed by atoms with Gasteiger partial charge in [0.1, 0.15) is 11.9 Å². The summed E-state index contributed by atoms with van der Waals surface area (Å²) in [6, 6.07) is 13.0. The first kappa shape index (κ1) is 29.5. The van der Waals surface area contributed by atoms with E-state index in [4.69, 9.17) is 4.74 Å². The maximum absolute atomic E-state index is 14.7. The molecular weight excluding hydrogens is 583 g/mol. The van der Waals surface area contributed by atoms with E-state index in [-0.39, 0.29) is 29.0 Å². The van der Waals surface area contributed by atoms with Gasteiger partial charge in [0.2, 0.25) is 5.91 Å². The predicted molar refractivity (Wildman–Crippen MR) is 168 cm³/mol. The lowest BCUT2D eigenvalue weighted by molar-refractivity contribution is -0.129. The minimum absolute atomic E-state index is 0.0336. The van der Waals surface area contributed by atoms with Crippen molar-refractivity contribution in [3.8, 4) is 16.3 Å². The second-order valence-electron chi connectivity index (χ2n) is 10.9. The molecule has 0 saturated carbocycles. The Balaban J connectivity index is 1.19. The van der Waals surface area contributed by atoms with Crippen molar-refractivity contribution in [3.63, 3.8) is 0 Å². The summed E-state index contributed by atoms with van der Waals surface area (Å²) in [5.74, 6) is -0.593. The number of thiophene rings is 1. The number of rotatable bonds is 7. The van der Waals surface area contributed by atoms with Gasteiger partial charge in [-0.25, -0.2) is 14.2 Å². The summed E-state index contributed by atoms with van der Waals surface area (Å²) >= 11 is 1.45. The summed E-state index contributed by atoms with van der Waals surface area (Å²) in [7, 11) is 1.60. The Labute approximate surface area is 257 Å². The van der Waals surface area contributed by atoms with E-state index in [0.717, 1.165) is 44.3 Å². The summed E-state index contributed by atoms with van der Waals surface area (Å²) < 4.78 is 21.6. The summed E-state index contributed by atoms with van der Waals surface area (Å²) in [5, 5.41) is 8.98. The zero-order chi connectivity index (χ0) is 30.8. The SMILES string of the molecule is CCN1CCNC(=O)C1c1ccc(Nc2nc(-c3ccc(F)c(NC(=O)Oc4cc5c(s4)CCCC5)c3)cn(C)c2=O)cc1. The Hall–Kier alpha value is -4.55. The van der Waals surface area contributed by atoms with Crippen LogP contribution < -0.4 is 26.2 Å². The van der Waals surface area contributed by atoms with Gasteiger partial charge in [0.05, 0.1) is 11.4 Å². The first-order chi connectivity index (χ1) is 21.3. The smallest absolute Gasteiger partial charge is 0.399 e. The molecule has 2 aromatic heterocycles. The number of aromatic nitrogens is 2. The van der Waals surface area contributed by atoms with Crippen LogP contribution in [0, 0.1) is 5.82 Å². The number of likely N-dealkylation sites (N-methyl/N-ethyl adjacent to an activating group) is 1. The second kappa shape index (κ2) is 12.6. The minimum atomic E-state index is -0.786. The largest absolute Gasteiger partial charge is 0.417 e. The van der Waals surface area contributed by atoms with E-state index in [1.165, 1.54) is 44.5 Å². The molecule has 44 heavy (non-hydrogen) atoms. The number of ether oxygens (including phenoxy) is 1. The van der Waals surface area contributed by atoms with Crippen molar-refractivity contribution in [1.82, 2.24) is 19.8 Å². The highest BCUT2D eigenvalue weighted by atomic mass is 32.1. The Bertz CT molecular complexity index is 1750. The van der Waals surface area contributed by atoms with Gasteiger partial charge in [-0.15, -0.1) is 11.3 Å². The van der Waals surface area contributed by atoms with Crippen molar-refractivity contribution in [3.05, 3.63) is 86.9 Å². The number of amides is 2. The van der Waals surface area contributed by atoms with Crippen LogP contribution in [0.15, 0.2) is 59.5 Å². The van der Waals surface area contributed by atoms with E-state index in [0.29, 0.717) is 28.6 Å². The number of carbonyl (C=O) groups is 2. The number of aryl methyl sites for hydroxylation is 3. The van der Waals surface area contributed by atoms with Crippen molar-refractivity contribution in [2.24, 2.45) is 7.05 Å². The fourth-order valence-electron chi connectivity index (χ4n) is 5.65. The number of hydrogen-bond acceptors (Lipinski definition) is 8. The van der Waals surface area contributed by atoms with E-state index >= 15 is 0 Å². The maximum atomic E-state index is 14.7. The zero-order valence-corrected chi connectivity index (χ0v) is 25.3. The third kappa shape index (κ3) is 6.22. The monoisotopic (exact) mass is 616 g/mol. The van der Waals surface area contributed by atoms with Gasteiger partial charge < -0.3 is 19.9 Å². The first-order valence-corrected chi connectivity index (χ1v) is 15.5. The molecule has 0 spiro atoms. The number of anilines is 3. The highest BCUT2D eigenvalue weighted by Gasteiger charge is 2.30. The number of piperazine rings is 1. The number of benzene rings is 2. The van der Waals surface area contributed by atoms with Crippen molar-refractivity contribution >= 4 is 40.5 Å². The fraction of sp³-hybridized carbons (Fsp3) is 0.312. The maximum Gasteiger partial charge on any atom is 0.417 e. The second-order valence-corrected chi connectivity index (χ2v) is 12.0. The van der Waals surface area contributed by atoms with Gasteiger partial charge in [-0.05, 0) is 79.8 Å². The third-order valence-electron chi connectivity index (χ3n) is 7.94. The highest BCUT2D eigenvalue weighted by Crippen LogP contribution is 2.35. The topological polar surface area (TPSA) is 118 Å². The van der Waals surface area contributed by atoms with E-state index in [9.17, 15) is 18.8 Å². The predicted octanol–water partition coefficient (Wildman–Crippen LogP) is 5.37. The van der Waals surface area contributed by atoms with Crippen LogP contribution in [0.1, 0.15) is 41.8 Å². The summed E-state index contributed by atoms with van der Waals surface area (Å²) in [4.78, 5) is 46.0. The molecule has 6 rings (SSSR count). The van der Waals surface area contributed by atoms with Gasteiger partial charge in [0, 0.05) is 42.5 Å². The molecule has 12 heteroatoms. The van der Waals surface area contributed by atoms with Gasteiger partial charge in [-0.1, -0.05) is 19.1 Å². The molecule has 3 N–H and O–H groups in total. The van der Waals surface area contributed by atoms with Crippen molar-refractivity contribution < 1.29 is 18.7 Å². The van der Waals surface area contributed by atoms with Gasteiger partial charge >= 0.3 is 6.09 Å². The molecule has 3 heterocycles. The van der Waals surface area contributed by atoms with Crippen LogP contribution in [-0.2, 0) is 24.7 Å². The number of fused-ring (bicyclic) bond motifs is 1. The van der Waals surface area contributed by atoms with E-state index < -0.39 is 11.9 Å². The van der Waals surface area contributed by atoms with Crippen molar-refractivity contribution in [2.45, 2.75) is 38.6 Å². The van der Waals surface area contributed by atoms with Crippen LogP contribution in [0.2, 0.25) is 0 Å². The Morgan fingerprint density at radius 3 is 2.70 bits per heavy atom. The van der Waals surface area contributed by atoms with E-state index in [1.54, 1.807) is 25.4 Å². The summed E-state index contributed by atoms with van der Waals surface area (Å²) in [6.45, 7) is 4.18. The lowest BCUT2D eigenvalue weighted by atomic mass is 10.00.